The molecule has 6 heteroatoms. The fourth-order valence-electron chi connectivity index (χ4n) is 1.06. The highest BCUT2D eigenvalue weighted by Crippen LogP contribution is 2.21. The standard InChI is InChI=1S/C8H10Br4Si2/c1-13(9,10)7-3-5-8(6-4-7)14(2,11)12/h3-6H,1-2H3. The van der Waals surface area contributed by atoms with Crippen LogP contribution in [0.1, 0.15) is 0 Å². The topological polar surface area (TPSA) is 0 Å². The quantitative estimate of drug-likeness (QED) is 0.445. The van der Waals surface area contributed by atoms with E-state index in [1.165, 1.54) is 10.4 Å². The Morgan fingerprint density at radius 2 is 0.929 bits per heavy atom. The van der Waals surface area contributed by atoms with Crippen molar-refractivity contribution in [2.45, 2.75) is 13.1 Å². The molecule has 0 spiro atoms. The number of hydrogen-bond donors (Lipinski definition) is 0. The van der Waals surface area contributed by atoms with Gasteiger partial charge >= 0.3 is 0 Å². The minimum Gasteiger partial charge on any atom is -0.105 e. The highest BCUT2D eigenvalue weighted by molar-refractivity contribution is 9.52. The summed E-state index contributed by atoms with van der Waals surface area (Å²) in [6.45, 7) is 4.42. The van der Waals surface area contributed by atoms with Gasteiger partial charge in [-0.25, -0.2) is 0 Å². The molecule has 78 valence electrons. The summed E-state index contributed by atoms with van der Waals surface area (Å²) in [6, 6.07) is 8.77. The lowest BCUT2D eigenvalue weighted by molar-refractivity contribution is 1.81. The van der Waals surface area contributed by atoms with Gasteiger partial charge in [-0.1, -0.05) is 24.3 Å². The number of halogens is 4. The monoisotopic (exact) mass is 478 g/mol. The van der Waals surface area contributed by atoms with Crippen molar-refractivity contribution < 1.29 is 0 Å². The molecule has 0 radical (unpaired) electrons. The molecule has 0 fully saturated rings. The normalized spacial score (nSPS) is 13.0. The Morgan fingerprint density at radius 3 is 1.07 bits per heavy atom. The van der Waals surface area contributed by atoms with Crippen LogP contribution in [-0.4, -0.2) is 10.6 Å². The maximum Gasteiger partial charge on any atom is 0.227 e. The Kier molecular flexibility index (Phi) is 4.71. The number of benzene rings is 1. The van der Waals surface area contributed by atoms with Gasteiger partial charge < -0.3 is 0 Å². The van der Waals surface area contributed by atoms with Crippen molar-refractivity contribution >= 4 is 82.2 Å². The van der Waals surface area contributed by atoms with Crippen LogP contribution in [0.5, 0.6) is 0 Å². The molecular formula is C8H10Br4Si2. The van der Waals surface area contributed by atoms with E-state index >= 15 is 0 Å². The van der Waals surface area contributed by atoms with Gasteiger partial charge in [0.25, 0.3) is 0 Å². The van der Waals surface area contributed by atoms with Gasteiger partial charge in [0.15, 0.2) is 0 Å². The Hall–Kier alpha value is 1.57. The molecule has 0 heterocycles. The molecule has 0 unspecified atom stereocenters. The molecule has 0 amide bonds. The predicted molar refractivity (Wildman–Crippen MR) is 84.7 cm³/mol. The second-order valence-electron chi connectivity index (χ2n) is 3.35. The van der Waals surface area contributed by atoms with Gasteiger partial charge in [-0.05, 0) is 23.5 Å². The third-order valence-electron chi connectivity index (χ3n) is 1.90. The van der Waals surface area contributed by atoms with E-state index in [1.54, 1.807) is 0 Å². The summed E-state index contributed by atoms with van der Waals surface area (Å²) in [5.74, 6) is 0. The summed E-state index contributed by atoms with van der Waals surface area (Å²) >= 11 is 14.8. The van der Waals surface area contributed by atoms with Crippen LogP contribution in [0.4, 0.5) is 0 Å². The first-order valence-corrected chi connectivity index (χ1v) is 18.1. The summed E-state index contributed by atoms with van der Waals surface area (Å²) in [4.78, 5) is 0. The van der Waals surface area contributed by atoms with Crippen LogP contribution >= 0.6 is 61.2 Å². The molecule has 14 heavy (non-hydrogen) atoms. The van der Waals surface area contributed by atoms with Gasteiger partial charge in [-0.15, -0.1) is 61.2 Å². The fourth-order valence-corrected chi connectivity index (χ4v) is 5.73. The maximum atomic E-state index is 3.71. The van der Waals surface area contributed by atoms with Crippen LogP contribution in [0, 0.1) is 0 Å². The molecule has 0 aliphatic rings. The summed E-state index contributed by atoms with van der Waals surface area (Å²) in [5.41, 5.74) is 0. The van der Waals surface area contributed by atoms with Crippen LogP contribution in [0.15, 0.2) is 24.3 Å². The Labute approximate surface area is 118 Å². The van der Waals surface area contributed by atoms with E-state index in [-0.39, 0.29) is 0 Å². The van der Waals surface area contributed by atoms with Gasteiger partial charge in [0, 0.05) is 0 Å². The van der Waals surface area contributed by atoms with Crippen molar-refractivity contribution in [1.82, 2.24) is 0 Å². The first-order valence-electron chi connectivity index (χ1n) is 4.08. The van der Waals surface area contributed by atoms with Crippen molar-refractivity contribution in [2.75, 3.05) is 0 Å². The van der Waals surface area contributed by atoms with E-state index in [1.807, 2.05) is 0 Å². The van der Waals surface area contributed by atoms with Crippen molar-refractivity contribution in [3.05, 3.63) is 24.3 Å². The fraction of sp³-hybridized carbons (Fsp3) is 0.250. The van der Waals surface area contributed by atoms with Gasteiger partial charge in [0.1, 0.15) is 0 Å². The van der Waals surface area contributed by atoms with Crippen molar-refractivity contribution in [3.8, 4) is 0 Å². The first-order chi connectivity index (χ1) is 6.21. The molecule has 0 atom stereocenters. The molecule has 1 aromatic rings. The molecule has 0 N–H and O–H groups in total. The van der Waals surface area contributed by atoms with Crippen molar-refractivity contribution in [3.63, 3.8) is 0 Å². The van der Waals surface area contributed by atoms with E-state index in [0.717, 1.165) is 0 Å². The largest absolute Gasteiger partial charge is 0.227 e. The Morgan fingerprint density at radius 1 is 0.714 bits per heavy atom. The average molecular weight is 482 g/mol. The van der Waals surface area contributed by atoms with Gasteiger partial charge in [0.2, 0.25) is 10.6 Å². The lowest BCUT2D eigenvalue weighted by Gasteiger charge is -2.15. The SMILES string of the molecule is C[Si](Br)(Br)c1ccc([Si](C)(Br)Br)cc1. The zero-order valence-electron chi connectivity index (χ0n) is 7.82. The molecule has 0 aromatic heterocycles. The van der Waals surface area contributed by atoms with Crippen LogP contribution in [0.2, 0.25) is 13.1 Å². The average Bonchev–Trinajstić information content (AvgIpc) is 2.01. The number of hydrogen-bond acceptors (Lipinski definition) is 0. The molecular weight excluding hydrogens is 472 g/mol. The number of rotatable bonds is 2. The van der Waals surface area contributed by atoms with E-state index in [9.17, 15) is 0 Å². The molecule has 1 aromatic carbocycles. The minimum atomic E-state index is -1.51. The third kappa shape index (κ3) is 3.86. The molecule has 0 aliphatic heterocycles. The maximum absolute atomic E-state index is 3.71. The van der Waals surface area contributed by atoms with Crippen LogP contribution < -0.4 is 10.4 Å². The van der Waals surface area contributed by atoms with Gasteiger partial charge in [0.05, 0.1) is 0 Å². The van der Waals surface area contributed by atoms with Gasteiger partial charge in [-0.2, -0.15) is 0 Å². The van der Waals surface area contributed by atoms with E-state index in [0.29, 0.717) is 0 Å². The smallest absolute Gasteiger partial charge is 0.105 e. The zero-order valence-corrected chi connectivity index (χ0v) is 16.2. The molecule has 1 rings (SSSR count). The molecule has 0 aliphatic carbocycles. The highest BCUT2D eigenvalue weighted by Gasteiger charge is 2.25. The summed E-state index contributed by atoms with van der Waals surface area (Å²) in [7, 11) is 0. The van der Waals surface area contributed by atoms with Crippen LogP contribution in [-0.2, 0) is 0 Å². The lowest BCUT2D eigenvalue weighted by atomic mass is 10.4. The Balaban J connectivity index is 3.02. The lowest BCUT2D eigenvalue weighted by Crippen LogP contribution is -2.36. The highest BCUT2D eigenvalue weighted by atomic mass is 79.9. The molecule has 0 saturated heterocycles. The van der Waals surface area contributed by atoms with E-state index < -0.39 is 10.6 Å². The summed E-state index contributed by atoms with van der Waals surface area (Å²) in [6.07, 6.45) is 0. The minimum absolute atomic E-state index is 1.36. The predicted octanol–water partition coefficient (Wildman–Crippen LogP) is 3.82. The van der Waals surface area contributed by atoms with Gasteiger partial charge in [-0.3, -0.25) is 0 Å². The van der Waals surface area contributed by atoms with Crippen molar-refractivity contribution in [1.29, 1.82) is 0 Å². The van der Waals surface area contributed by atoms with Crippen LogP contribution in [0.3, 0.4) is 0 Å². The summed E-state index contributed by atoms with van der Waals surface area (Å²) in [5, 5.41) is -0.290. The van der Waals surface area contributed by atoms with E-state index in [4.69, 9.17) is 0 Å². The van der Waals surface area contributed by atoms with E-state index in [2.05, 4.69) is 98.5 Å². The first kappa shape index (κ1) is 13.6. The van der Waals surface area contributed by atoms with Crippen molar-refractivity contribution in [2.24, 2.45) is 0 Å². The zero-order chi connectivity index (χ0) is 11.0. The molecule has 0 bridgehead atoms. The molecule has 0 saturated carbocycles. The molecule has 0 nitrogen and oxygen atoms in total. The second-order valence-corrected chi connectivity index (χ2v) is 33.5. The third-order valence-corrected chi connectivity index (χ3v) is 10.1. The van der Waals surface area contributed by atoms with Crippen LogP contribution in [0.25, 0.3) is 0 Å². The Bertz CT molecular complexity index is 277. The second kappa shape index (κ2) is 4.83. The summed E-state index contributed by atoms with van der Waals surface area (Å²) < 4.78 is 0.